The van der Waals surface area contributed by atoms with E-state index in [4.69, 9.17) is 14.6 Å². The van der Waals surface area contributed by atoms with E-state index in [0.717, 1.165) is 11.3 Å². The minimum absolute atomic E-state index is 0.117. The van der Waals surface area contributed by atoms with Crippen LogP contribution in [0.25, 0.3) is 0 Å². The molecule has 9 nitrogen and oxygen atoms in total. The van der Waals surface area contributed by atoms with Gasteiger partial charge in [0, 0.05) is 7.11 Å². The number of nitrogens with one attached hydrogen (secondary N) is 1. The molecule has 1 aliphatic rings. The van der Waals surface area contributed by atoms with Gasteiger partial charge in [-0.3, -0.25) is 4.79 Å². The van der Waals surface area contributed by atoms with Gasteiger partial charge in [-0.05, 0) is 0 Å². The molecular weight excluding hydrogens is 304 g/mol. The summed E-state index contributed by atoms with van der Waals surface area (Å²) in [5, 5.41) is 33.8. The number of anilines is 1. The third kappa shape index (κ3) is 3.48. The SMILES string of the molecule is CO[C@@H]1O[C@H](CO)[C@H](O)[C@H](O)[C@H]1Nc1nc(OC=O)cs1. The Balaban J connectivity index is 2.10. The molecule has 21 heavy (non-hydrogen) atoms. The Labute approximate surface area is 124 Å². The van der Waals surface area contributed by atoms with Crippen molar-refractivity contribution in [3.05, 3.63) is 5.38 Å². The largest absolute Gasteiger partial charge is 0.409 e. The van der Waals surface area contributed by atoms with Crippen LogP contribution >= 0.6 is 11.3 Å². The molecule has 118 valence electrons. The van der Waals surface area contributed by atoms with E-state index in [1.165, 1.54) is 12.5 Å². The summed E-state index contributed by atoms with van der Waals surface area (Å²) >= 11 is 1.15. The van der Waals surface area contributed by atoms with Crippen molar-refractivity contribution < 1.29 is 34.3 Å². The monoisotopic (exact) mass is 320 g/mol. The van der Waals surface area contributed by atoms with Crippen LogP contribution in [0.15, 0.2) is 5.38 Å². The molecule has 1 aromatic heterocycles. The Bertz CT molecular complexity index is 469. The number of carbonyl (C=O) groups is 1. The van der Waals surface area contributed by atoms with E-state index in [2.05, 4.69) is 15.0 Å². The van der Waals surface area contributed by atoms with Gasteiger partial charge in [-0.1, -0.05) is 0 Å². The van der Waals surface area contributed by atoms with Crippen molar-refractivity contribution in [2.45, 2.75) is 30.6 Å². The molecule has 1 aliphatic heterocycles. The summed E-state index contributed by atoms with van der Waals surface area (Å²) < 4.78 is 15.0. The topological polar surface area (TPSA) is 130 Å². The second kappa shape index (κ2) is 7.11. The van der Waals surface area contributed by atoms with Crippen LogP contribution in [-0.4, -0.2) is 71.1 Å². The molecule has 2 heterocycles. The van der Waals surface area contributed by atoms with Crippen LogP contribution in [0.3, 0.4) is 0 Å². The average molecular weight is 320 g/mol. The molecule has 1 saturated heterocycles. The number of aliphatic hydroxyl groups is 3. The third-order valence-corrected chi connectivity index (χ3v) is 3.81. The zero-order valence-electron chi connectivity index (χ0n) is 11.1. The Morgan fingerprint density at radius 3 is 2.90 bits per heavy atom. The predicted octanol–water partition coefficient (Wildman–Crippen LogP) is -1.46. The highest BCUT2D eigenvalue weighted by Gasteiger charge is 2.44. The van der Waals surface area contributed by atoms with Gasteiger partial charge >= 0.3 is 0 Å². The lowest BCUT2D eigenvalue weighted by Gasteiger charge is -2.41. The fraction of sp³-hybridized carbons (Fsp3) is 0.636. The number of aromatic nitrogens is 1. The molecule has 0 aliphatic carbocycles. The fourth-order valence-corrected chi connectivity index (χ4v) is 2.68. The number of hydrogen-bond acceptors (Lipinski definition) is 10. The number of nitrogens with zero attached hydrogens (tertiary/aromatic N) is 1. The summed E-state index contributed by atoms with van der Waals surface area (Å²) in [6.07, 6.45) is -4.34. The third-order valence-electron chi connectivity index (χ3n) is 3.06. The van der Waals surface area contributed by atoms with Crippen molar-refractivity contribution in [3.63, 3.8) is 0 Å². The summed E-state index contributed by atoms with van der Waals surface area (Å²) in [5.74, 6) is 0.117. The van der Waals surface area contributed by atoms with Gasteiger partial charge in [-0.25, -0.2) is 0 Å². The molecule has 1 fully saturated rings. The van der Waals surface area contributed by atoms with E-state index >= 15 is 0 Å². The van der Waals surface area contributed by atoms with Crippen LogP contribution < -0.4 is 10.1 Å². The van der Waals surface area contributed by atoms with Crippen LogP contribution in [0.1, 0.15) is 0 Å². The normalized spacial score (nSPS) is 32.7. The zero-order chi connectivity index (χ0) is 15.4. The van der Waals surface area contributed by atoms with Crippen molar-refractivity contribution in [2.24, 2.45) is 0 Å². The molecule has 0 radical (unpaired) electrons. The predicted molar refractivity (Wildman–Crippen MR) is 71.0 cm³/mol. The van der Waals surface area contributed by atoms with Gasteiger partial charge in [0.1, 0.15) is 24.4 Å². The highest BCUT2D eigenvalue weighted by Crippen LogP contribution is 2.27. The van der Waals surface area contributed by atoms with Gasteiger partial charge in [-0.15, -0.1) is 11.3 Å². The molecule has 0 spiro atoms. The summed E-state index contributed by atoms with van der Waals surface area (Å²) in [4.78, 5) is 14.2. The molecule has 0 saturated carbocycles. The van der Waals surface area contributed by atoms with Gasteiger partial charge in [0.05, 0.1) is 12.0 Å². The minimum Gasteiger partial charge on any atom is -0.409 e. The van der Waals surface area contributed by atoms with Crippen LogP contribution in [0, 0.1) is 0 Å². The van der Waals surface area contributed by atoms with Crippen LogP contribution in [0.2, 0.25) is 0 Å². The zero-order valence-corrected chi connectivity index (χ0v) is 11.9. The number of carbonyl (C=O) groups excluding carboxylic acids is 1. The first-order valence-electron chi connectivity index (χ1n) is 6.08. The molecule has 0 bridgehead atoms. The highest BCUT2D eigenvalue weighted by molar-refractivity contribution is 7.13. The Kier molecular flexibility index (Phi) is 5.45. The molecule has 5 atom stereocenters. The van der Waals surface area contributed by atoms with E-state index in [1.807, 2.05) is 0 Å². The average Bonchev–Trinajstić information content (AvgIpc) is 2.92. The van der Waals surface area contributed by atoms with Gasteiger partial charge in [0.2, 0.25) is 5.88 Å². The first-order valence-corrected chi connectivity index (χ1v) is 6.96. The van der Waals surface area contributed by atoms with Crippen molar-refractivity contribution in [1.82, 2.24) is 4.98 Å². The first-order chi connectivity index (χ1) is 10.1. The number of aliphatic hydroxyl groups excluding tert-OH is 3. The van der Waals surface area contributed by atoms with Gasteiger partial charge in [0.25, 0.3) is 6.47 Å². The Morgan fingerprint density at radius 1 is 1.52 bits per heavy atom. The van der Waals surface area contributed by atoms with Gasteiger partial charge in [0.15, 0.2) is 11.4 Å². The Morgan fingerprint density at radius 2 is 2.29 bits per heavy atom. The van der Waals surface area contributed by atoms with Crippen LogP contribution in [-0.2, 0) is 14.3 Å². The standard InChI is InChI=1S/C11H16N2O7S/c1-18-10-7(9(17)8(16)5(2-14)20-10)13-11-12-6(3-21-11)19-4-15/h3-5,7-10,14,16-17H,2H2,1H3,(H,12,13)/t5-,7-,8+,9-,10-/m1/s1. The lowest BCUT2D eigenvalue weighted by molar-refractivity contribution is -0.254. The maximum absolute atomic E-state index is 10.2. The molecule has 4 N–H and O–H groups in total. The van der Waals surface area contributed by atoms with E-state index in [-0.39, 0.29) is 12.4 Å². The molecule has 0 unspecified atom stereocenters. The number of ether oxygens (including phenoxy) is 3. The van der Waals surface area contributed by atoms with Crippen molar-refractivity contribution in [3.8, 4) is 5.88 Å². The molecule has 10 heteroatoms. The lowest BCUT2D eigenvalue weighted by atomic mass is 9.97. The van der Waals surface area contributed by atoms with E-state index in [9.17, 15) is 15.0 Å². The van der Waals surface area contributed by atoms with Crippen molar-refractivity contribution in [1.29, 1.82) is 0 Å². The number of hydrogen-bond donors (Lipinski definition) is 4. The highest BCUT2D eigenvalue weighted by atomic mass is 32.1. The van der Waals surface area contributed by atoms with E-state index in [1.54, 1.807) is 0 Å². The number of rotatable bonds is 6. The minimum atomic E-state index is -1.27. The van der Waals surface area contributed by atoms with E-state index < -0.39 is 37.3 Å². The lowest BCUT2D eigenvalue weighted by Crippen LogP contribution is -2.61. The summed E-state index contributed by atoms with van der Waals surface area (Å²) in [6.45, 7) is -0.190. The van der Waals surface area contributed by atoms with E-state index in [0.29, 0.717) is 5.13 Å². The van der Waals surface area contributed by atoms with Gasteiger partial charge in [-0.2, -0.15) is 4.98 Å². The quantitative estimate of drug-likeness (QED) is 0.465. The fourth-order valence-electron chi connectivity index (χ4n) is 2.01. The van der Waals surface area contributed by atoms with Gasteiger partial charge < -0.3 is 34.8 Å². The van der Waals surface area contributed by atoms with Crippen LogP contribution in [0.4, 0.5) is 5.13 Å². The second-order valence-corrected chi connectivity index (χ2v) is 5.18. The second-order valence-electron chi connectivity index (χ2n) is 4.32. The molecule has 2 rings (SSSR count). The van der Waals surface area contributed by atoms with Crippen molar-refractivity contribution in [2.75, 3.05) is 19.0 Å². The summed E-state index contributed by atoms with van der Waals surface area (Å²) in [5.41, 5.74) is 0. The summed E-state index contributed by atoms with van der Waals surface area (Å²) in [6, 6.07) is -0.803. The Hall–Kier alpha value is -1.30. The maximum atomic E-state index is 10.2. The number of methoxy groups -OCH3 is 1. The molecular formula is C11H16N2O7S. The molecule has 0 aromatic carbocycles. The van der Waals surface area contributed by atoms with Crippen molar-refractivity contribution >= 4 is 22.9 Å². The van der Waals surface area contributed by atoms with Crippen LogP contribution in [0.5, 0.6) is 5.88 Å². The first kappa shape index (κ1) is 16.1. The number of thiazole rings is 1. The molecule has 1 aromatic rings. The maximum Gasteiger partial charge on any atom is 0.299 e. The smallest absolute Gasteiger partial charge is 0.299 e. The molecule has 0 amide bonds. The summed E-state index contributed by atoms with van der Waals surface area (Å²) in [7, 11) is 1.38.